The van der Waals surface area contributed by atoms with Crippen LogP contribution in [0, 0.1) is 12.8 Å². The number of rotatable bonds is 12. The lowest BCUT2D eigenvalue weighted by Gasteiger charge is -2.39. The lowest BCUT2D eigenvalue weighted by molar-refractivity contribution is -0.140. The Balaban J connectivity index is 1.41. The first kappa shape index (κ1) is 36.7. The molecule has 13 nitrogen and oxygen atoms in total. The molecule has 0 spiro atoms. The van der Waals surface area contributed by atoms with Gasteiger partial charge >= 0.3 is 23.7 Å². The molecule has 16 heteroatoms. The number of nitrogens with one attached hydrogen (secondary N) is 2. The predicted octanol–water partition coefficient (Wildman–Crippen LogP) is 5.15. The van der Waals surface area contributed by atoms with E-state index in [2.05, 4.69) is 20.9 Å². The number of carboxylic acid groups (broad SMARTS) is 2. The van der Waals surface area contributed by atoms with Crippen LogP contribution in [0.3, 0.4) is 0 Å². The Morgan fingerprint density at radius 1 is 1.02 bits per heavy atom. The molecule has 0 saturated heterocycles. The summed E-state index contributed by atoms with van der Waals surface area (Å²) < 4.78 is 46.3. The molecule has 5 rings (SSSR count). The van der Waals surface area contributed by atoms with Crippen LogP contribution < -0.4 is 16.3 Å². The highest BCUT2D eigenvalue weighted by Crippen LogP contribution is 2.39. The number of aromatic nitrogens is 3. The highest BCUT2D eigenvalue weighted by Gasteiger charge is 2.41. The quantitative estimate of drug-likeness (QED) is 0.143. The number of amides is 2. The van der Waals surface area contributed by atoms with Gasteiger partial charge in [-0.05, 0) is 61.9 Å². The SMILES string of the molecule is Cc1c(CC(=O)O)c(=O)oc2cc(NC(=O)C(CC(=O)O)n3cc([C@@](C)(NC(=O)Cc4cccc(C(F)(F)F)c4)C4CCCCC4)nn3)ccc12. The lowest BCUT2D eigenvalue weighted by Crippen LogP contribution is -2.50. The van der Waals surface area contributed by atoms with Crippen molar-refractivity contribution >= 4 is 40.4 Å². The number of halogens is 3. The van der Waals surface area contributed by atoms with E-state index in [0.29, 0.717) is 23.8 Å². The normalized spacial score (nSPS) is 15.5. The largest absolute Gasteiger partial charge is 0.481 e. The second kappa shape index (κ2) is 14.7. The molecule has 2 aromatic heterocycles. The summed E-state index contributed by atoms with van der Waals surface area (Å²) in [6.45, 7) is 3.32. The number of aryl methyl sites for hydroxylation is 1. The Bertz CT molecular complexity index is 2040. The van der Waals surface area contributed by atoms with Gasteiger partial charge in [0.05, 0.1) is 42.1 Å². The Kier molecular flexibility index (Phi) is 10.6. The molecule has 270 valence electrons. The average molecular weight is 712 g/mol. The molecule has 2 amide bonds. The fourth-order valence-corrected chi connectivity index (χ4v) is 6.62. The smallest absolute Gasteiger partial charge is 0.416 e. The Morgan fingerprint density at radius 3 is 2.41 bits per heavy atom. The number of carbonyl (C=O) groups is 4. The standard InChI is InChI=1S/C35H36F3N5O8/c1-19-24-12-11-23(15-27(24)51-33(50)25(19)16-30(45)46)39-32(49)26(17-31(47)48)43-18-28(41-42-43)34(2,21-8-4-3-5-9-21)40-29(44)14-20-7-6-10-22(13-20)35(36,37)38/h6-7,10-13,15,18,21,26H,3-5,8-9,14,16-17H2,1-2H3,(H,39,49)(H,40,44)(H,45,46)(H,47,48)/t26?,34-/m0/s1. The van der Waals surface area contributed by atoms with Crippen LogP contribution in [0.25, 0.3) is 11.0 Å². The number of carbonyl (C=O) groups excluding carboxylic acids is 2. The van der Waals surface area contributed by atoms with Crippen molar-refractivity contribution in [3.63, 3.8) is 0 Å². The topological polar surface area (TPSA) is 194 Å². The summed E-state index contributed by atoms with van der Waals surface area (Å²) >= 11 is 0. The average Bonchev–Trinajstić information content (AvgIpc) is 3.56. The molecule has 1 saturated carbocycles. The number of alkyl halides is 3. The van der Waals surface area contributed by atoms with E-state index in [-0.39, 0.29) is 40.4 Å². The van der Waals surface area contributed by atoms with Crippen LogP contribution in [0.4, 0.5) is 18.9 Å². The van der Waals surface area contributed by atoms with Crippen LogP contribution in [-0.4, -0.2) is 49.0 Å². The van der Waals surface area contributed by atoms with Crippen LogP contribution in [0.15, 0.2) is 57.9 Å². The fourth-order valence-electron chi connectivity index (χ4n) is 6.62. The van der Waals surface area contributed by atoms with Gasteiger partial charge in [0.25, 0.3) is 0 Å². The number of nitrogens with zero attached hydrogens (tertiary/aromatic N) is 3. The molecule has 4 aromatic rings. The van der Waals surface area contributed by atoms with E-state index in [1.807, 2.05) is 0 Å². The maximum atomic E-state index is 13.6. The van der Waals surface area contributed by atoms with Crippen LogP contribution >= 0.6 is 0 Å². The molecule has 51 heavy (non-hydrogen) atoms. The molecule has 1 aliphatic carbocycles. The van der Waals surface area contributed by atoms with Crippen molar-refractivity contribution in [2.24, 2.45) is 5.92 Å². The zero-order valence-electron chi connectivity index (χ0n) is 27.7. The maximum Gasteiger partial charge on any atom is 0.416 e. The highest BCUT2D eigenvalue weighted by molar-refractivity contribution is 5.97. The Labute approximate surface area is 288 Å². The van der Waals surface area contributed by atoms with E-state index in [0.717, 1.165) is 36.1 Å². The minimum atomic E-state index is -4.57. The summed E-state index contributed by atoms with van der Waals surface area (Å²) in [5, 5.41) is 33.2. The minimum absolute atomic E-state index is 0.0117. The van der Waals surface area contributed by atoms with E-state index >= 15 is 0 Å². The van der Waals surface area contributed by atoms with Crippen LogP contribution in [0.1, 0.15) is 79.4 Å². The van der Waals surface area contributed by atoms with E-state index in [1.54, 1.807) is 13.8 Å². The highest BCUT2D eigenvalue weighted by atomic mass is 19.4. The summed E-state index contributed by atoms with van der Waals surface area (Å²) in [6, 6.07) is 7.47. The molecule has 4 N–H and O–H groups in total. The number of hydrogen-bond donors (Lipinski definition) is 4. The molecule has 1 unspecified atom stereocenters. The second-order valence-corrected chi connectivity index (χ2v) is 12.9. The monoisotopic (exact) mass is 711 g/mol. The number of carboxylic acids is 2. The van der Waals surface area contributed by atoms with Gasteiger partial charge in [-0.3, -0.25) is 19.2 Å². The number of hydrogen-bond acceptors (Lipinski definition) is 8. The van der Waals surface area contributed by atoms with Crippen molar-refractivity contribution < 1.29 is 47.0 Å². The summed E-state index contributed by atoms with van der Waals surface area (Å²) in [5.41, 5.74) is -1.83. The fraction of sp³-hybridized carbons (Fsp3) is 0.400. The van der Waals surface area contributed by atoms with E-state index in [1.165, 1.54) is 36.5 Å². The second-order valence-electron chi connectivity index (χ2n) is 12.9. The van der Waals surface area contributed by atoms with Gasteiger partial charge in [0.15, 0.2) is 0 Å². The molecule has 0 radical (unpaired) electrons. The van der Waals surface area contributed by atoms with Crippen molar-refractivity contribution in [3.05, 3.63) is 87.0 Å². The van der Waals surface area contributed by atoms with Crippen LogP contribution in [0.5, 0.6) is 0 Å². The first-order valence-corrected chi connectivity index (χ1v) is 16.3. The van der Waals surface area contributed by atoms with Gasteiger partial charge in [-0.2, -0.15) is 13.2 Å². The Hall–Kier alpha value is -5.54. The number of benzene rings is 2. The van der Waals surface area contributed by atoms with Gasteiger partial charge in [0.1, 0.15) is 17.3 Å². The molecular weight excluding hydrogens is 675 g/mol. The zero-order valence-corrected chi connectivity index (χ0v) is 27.7. The van der Waals surface area contributed by atoms with Gasteiger partial charge in [0.2, 0.25) is 11.8 Å². The molecular formula is C35H36F3N5O8. The molecule has 1 aliphatic rings. The number of anilines is 1. The van der Waals surface area contributed by atoms with Crippen LogP contribution in [-0.2, 0) is 43.7 Å². The van der Waals surface area contributed by atoms with Crippen LogP contribution in [0.2, 0.25) is 0 Å². The molecule has 1 fully saturated rings. The molecule has 2 atom stereocenters. The van der Waals surface area contributed by atoms with Crippen molar-refractivity contribution in [2.75, 3.05) is 5.32 Å². The lowest BCUT2D eigenvalue weighted by atomic mass is 9.74. The van der Waals surface area contributed by atoms with Gasteiger partial charge in [-0.25, -0.2) is 9.48 Å². The van der Waals surface area contributed by atoms with Crippen molar-refractivity contribution in [1.82, 2.24) is 20.3 Å². The Morgan fingerprint density at radius 2 is 1.75 bits per heavy atom. The maximum absolute atomic E-state index is 13.6. The van der Waals surface area contributed by atoms with E-state index in [4.69, 9.17) is 9.52 Å². The summed E-state index contributed by atoms with van der Waals surface area (Å²) in [5.74, 6) is -4.00. The van der Waals surface area contributed by atoms with E-state index in [9.17, 15) is 42.3 Å². The molecule has 0 aliphatic heterocycles. The summed E-state index contributed by atoms with van der Waals surface area (Å²) in [4.78, 5) is 62.5. The van der Waals surface area contributed by atoms with Crippen molar-refractivity contribution in [2.45, 2.75) is 83.0 Å². The minimum Gasteiger partial charge on any atom is -0.481 e. The van der Waals surface area contributed by atoms with Crippen molar-refractivity contribution in [3.8, 4) is 0 Å². The molecule has 0 bridgehead atoms. The van der Waals surface area contributed by atoms with Gasteiger partial charge < -0.3 is 25.3 Å². The third-order valence-corrected chi connectivity index (χ3v) is 9.35. The first-order chi connectivity index (χ1) is 24.0. The van der Waals surface area contributed by atoms with Gasteiger partial charge in [-0.15, -0.1) is 5.10 Å². The third kappa shape index (κ3) is 8.44. The molecule has 2 heterocycles. The number of aliphatic carboxylic acids is 2. The predicted molar refractivity (Wildman–Crippen MR) is 176 cm³/mol. The first-order valence-electron chi connectivity index (χ1n) is 16.3. The van der Waals surface area contributed by atoms with Crippen molar-refractivity contribution in [1.29, 1.82) is 0 Å². The van der Waals surface area contributed by atoms with Gasteiger partial charge in [0, 0.05) is 17.1 Å². The zero-order chi connectivity index (χ0) is 37.1. The number of fused-ring (bicyclic) bond motifs is 1. The summed E-state index contributed by atoms with van der Waals surface area (Å²) in [7, 11) is 0. The summed E-state index contributed by atoms with van der Waals surface area (Å²) in [6.07, 6.45) is -0.604. The van der Waals surface area contributed by atoms with Gasteiger partial charge in [-0.1, -0.05) is 42.7 Å². The van der Waals surface area contributed by atoms with E-state index < -0.39 is 65.5 Å². The molecule has 2 aromatic carbocycles. The third-order valence-electron chi connectivity index (χ3n) is 9.35.